The molecule has 0 fully saturated rings. The average Bonchev–Trinajstić information content (AvgIpc) is 2.46. The van der Waals surface area contributed by atoms with Crippen LogP contribution in [-0.2, 0) is 4.79 Å². The molecule has 116 valence electrons. The lowest BCUT2D eigenvalue weighted by atomic mass is 10.2. The van der Waals surface area contributed by atoms with Gasteiger partial charge >= 0.3 is 0 Å². The molecule has 0 aliphatic carbocycles. The van der Waals surface area contributed by atoms with E-state index in [1.165, 1.54) is 6.92 Å². The normalized spacial score (nSPS) is 12.1. The summed E-state index contributed by atoms with van der Waals surface area (Å²) in [5.74, 6) is 0.0860. The van der Waals surface area contributed by atoms with E-state index in [0.717, 1.165) is 29.3 Å². The van der Waals surface area contributed by atoms with Crippen molar-refractivity contribution < 1.29 is 4.79 Å². The van der Waals surface area contributed by atoms with Gasteiger partial charge < -0.3 is 0 Å². The van der Waals surface area contributed by atoms with E-state index < -0.39 is 0 Å². The summed E-state index contributed by atoms with van der Waals surface area (Å²) < 4.78 is 0. The third-order valence-corrected chi connectivity index (χ3v) is 4.26. The monoisotopic (exact) mass is 316 g/mol. The molecule has 1 aromatic heterocycles. The van der Waals surface area contributed by atoms with Crippen LogP contribution in [0.15, 0.2) is 24.4 Å². The van der Waals surface area contributed by atoms with Crippen molar-refractivity contribution >= 4 is 39.6 Å². The van der Waals surface area contributed by atoms with Gasteiger partial charge in [0.25, 0.3) is 0 Å². The highest BCUT2D eigenvalue weighted by Gasteiger charge is 2.10. The maximum Gasteiger partial charge on any atom is 0.229 e. The first-order chi connectivity index (χ1) is 10.5. The van der Waals surface area contributed by atoms with Crippen molar-refractivity contribution in [1.29, 1.82) is 5.41 Å². The lowest BCUT2D eigenvalue weighted by molar-refractivity contribution is -0.114. The first-order valence-electron chi connectivity index (χ1n) is 7.29. The van der Waals surface area contributed by atoms with Gasteiger partial charge in [-0.2, -0.15) is 0 Å². The standard InChI is InChI=1S/C16H20N4OS/c1-4-5-10(2)22-15(17)12-6-7-13-9-18-16(19-11(3)21)20-14(13)8-12/h6-10,17H,4-5H2,1-3H3,(H,18,19,20,21). The average molecular weight is 316 g/mol. The van der Waals surface area contributed by atoms with Crippen LogP contribution in [0.5, 0.6) is 0 Å². The fourth-order valence-corrected chi connectivity index (χ4v) is 3.14. The summed E-state index contributed by atoms with van der Waals surface area (Å²) in [5, 5.41) is 12.7. The molecule has 1 atom stereocenters. The van der Waals surface area contributed by atoms with Crippen LogP contribution < -0.4 is 5.32 Å². The Balaban J connectivity index is 2.24. The Kier molecular flexibility index (Phi) is 5.49. The molecule has 0 aliphatic rings. The number of fused-ring (bicyclic) bond motifs is 1. The molecular formula is C16H20N4OS. The summed E-state index contributed by atoms with van der Waals surface area (Å²) in [6.45, 7) is 5.71. The fraction of sp³-hybridized carbons (Fsp3) is 0.375. The van der Waals surface area contributed by atoms with Crippen LogP contribution in [0.1, 0.15) is 39.2 Å². The number of carbonyl (C=O) groups is 1. The highest BCUT2D eigenvalue weighted by molar-refractivity contribution is 8.14. The van der Waals surface area contributed by atoms with Crippen molar-refractivity contribution in [2.24, 2.45) is 0 Å². The van der Waals surface area contributed by atoms with Gasteiger partial charge in [-0.25, -0.2) is 9.97 Å². The van der Waals surface area contributed by atoms with E-state index in [-0.39, 0.29) is 11.9 Å². The maximum atomic E-state index is 11.1. The van der Waals surface area contributed by atoms with Gasteiger partial charge in [-0.1, -0.05) is 32.4 Å². The number of carbonyl (C=O) groups excluding carboxylic acids is 1. The van der Waals surface area contributed by atoms with E-state index in [1.54, 1.807) is 18.0 Å². The molecule has 1 heterocycles. The number of aromatic nitrogens is 2. The number of anilines is 1. The Labute approximate surface area is 134 Å². The van der Waals surface area contributed by atoms with Crippen LogP contribution in [0.4, 0.5) is 5.95 Å². The van der Waals surface area contributed by atoms with Crippen LogP contribution in [0.2, 0.25) is 0 Å². The topological polar surface area (TPSA) is 78.7 Å². The van der Waals surface area contributed by atoms with E-state index in [2.05, 4.69) is 29.1 Å². The molecule has 1 unspecified atom stereocenters. The summed E-state index contributed by atoms with van der Waals surface area (Å²) in [6, 6.07) is 5.69. The second kappa shape index (κ2) is 7.35. The Morgan fingerprint density at radius 1 is 1.45 bits per heavy atom. The number of nitrogens with one attached hydrogen (secondary N) is 2. The van der Waals surface area contributed by atoms with Gasteiger partial charge in [0, 0.05) is 29.3 Å². The third kappa shape index (κ3) is 4.27. The van der Waals surface area contributed by atoms with Gasteiger partial charge in [0.15, 0.2) is 0 Å². The number of nitrogens with zero attached hydrogens (tertiary/aromatic N) is 2. The number of hydrogen-bond acceptors (Lipinski definition) is 5. The quantitative estimate of drug-likeness (QED) is 0.649. The summed E-state index contributed by atoms with van der Waals surface area (Å²) in [4.78, 5) is 19.5. The Hall–Kier alpha value is -1.95. The highest BCUT2D eigenvalue weighted by Crippen LogP contribution is 2.23. The minimum Gasteiger partial charge on any atom is -0.295 e. The van der Waals surface area contributed by atoms with Crippen LogP contribution in [0, 0.1) is 5.41 Å². The molecule has 1 aromatic carbocycles. The van der Waals surface area contributed by atoms with Gasteiger partial charge in [0.2, 0.25) is 11.9 Å². The van der Waals surface area contributed by atoms with E-state index in [1.807, 2.05) is 18.2 Å². The van der Waals surface area contributed by atoms with Crippen molar-refractivity contribution in [3.05, 3.63) is 30.0 Å². The minimum absolute atomic E-state index is 0.202. The molecule has 0 saturated carbocycles. The second-order valence-corrected chi connectivity index (χ2v) is 6.64. The van der Waals surface area contributed by atoms with Crippen molar-refractivity contribution in [3.8, 4) is 0 Å². The first kappa shape index (κ1) is 16.4. The largest absolute Gasteiger partial charge is 0.295 e. The molecule has 6 heteroatoms. The zero-order chi connectivity index (χ0) is 16.1. The second-order valence-electron chi connectivity index (χ2n) is 5.19. The Morgan fingerprint density at radius 3 is 2.91 bits per heavy atom. The minimum atomic E-state index is -0.202. The molecule has 2 aromatic rings. The number of amides is 1. The summed E-state index contributed by atoms with van der Waals surface area (Å²) in [7, 11) is 0. The van der Waals surface area contributed by atoms with Crippen molar-refractivity contribution in [3.63, 3.8) is 0 Å². The van der Waals surface area contributed by atoms with Crippen molar-refractivity contribution in [2.75, 3.05) is 5.32 Å². The molecular weight excluding hydrogens is 296 g/mol. The molecule has 0 saturated heterocycles. The van der Waals surface area contributed by atoms with Gasteiger partial charge in [0.05, 0.1) is 10.6 Å². The van der Waals surface area contributed by atoms with Gasteiger partial charge in [-0.15, -0.1) is 11.8 Å². The molecule has 22 heavy (non-hydrogen) atoms. The van der Waals surface area contributed by atoms with Gasteiger partial charge in [-0.3, -0.25) is 15.5 Å². The van der Waals surface area contributed by atoms with Crippen LogP contribution >= 0.6 is 11.8 Å². The predicted molar refractivity (Wildman–Crippen MR) is 92.6 cm³/mol. The SMILES string of the molecule is CCCC(C)SC(=N)c1ccc2cnc(NC(C)=O)nc2c1. The molecule has 2 rings (SSSR count). The predicted octanol–water partition coefficient (Wildman–Crippen LogP) is 3.84. The molecule has 0 spiro atoms. The fourth-order valence-electron chi connectivity index (χ4n) is 2.12. The summed E-state index contributed by atoms with van der Waals surface area (Å²) >= 11 is 1.57. The molecule has 0 bridgehead atoms. The number of rotatable bonds is 5. The number of benzene rings is 1. The van der Waals surface area contributed by atoms with Crippen LogP contribution in [0.25, 0.3) is 10.9 Å². The smallest absolute Gasteiger partial charge is 0.229 e. The van der Waals surface area contributed by atoms with E-state index in [4.69, 9.17) is 5.41 Å². The lowest BCUT2D eigenvalue weighted by Gasteiger charge is -2.11. The molecule has 0 radical (unpaired) electrons. The molecule has 0 aliphatic heterocycles. The van der Waals surface area contributed by atoms with Crippen LogP contribution in [-0.4, -0.2) is 26.2 Å². The third-order valence-electron chi connectivity index (χ3n) is 3.15. The number of hydrogen-bond donors (Lipinski definition) is 2. The summed E-state index contributed by atoms with van der Waals surface area (Å²) in [6.07, 6.45) is 3.88. The lowest BCUT2D eigenvalue weighted by Crippen LogP contribution is -2.09. The van der Waals surface area contributed by atoms with Gasteiger partial charge in [0.1, 0.15) is 0 Å². The van der Waals surface area contributed by atoms with Crippen molar-refractivity contribution in [2.45, 2.75) is 38.9 Å². The van der Waals surface area contributed by atoms with E-state index >= 15 is 0 Å². The maximum absolute atomic E-state index is 11.1. The van der Waals surface area contributed by atoms with Gasteiger partial charge in [-0.05, 0) is 12.5 Å². The number of thioether (sulfide) groups is 1. The summed E-state index contributed by atoms with van der Waals surface area (Å²) in [5.41, 5.74) is 1.57. The first-order valence-corrected chi connectivity index (χ1v) is 8.17. The molecule has 2 N–H and O–H groups in total. The van der Waals surface area contributed by atoms with Crippen LogP contribution in [0.3, 0.4) is 0 Å². The van der Waals surface area contributed by atoms with Crippen molar-refractivity contribution in [1.82, 2.24) is 9.97 Å². The van der Waals surface area contributed by atoms with E-state index in [0.29, 0.717) is 10.3 Å². The zero-order valence-corrected chi connectivity index (χ0v) is 13.8. The molecule has 5 nitrogen and oxygen atoms in total. The highest BCUT2D eigenvalue weighted by atomic mass is 32.2. The zero-order valence-electron chi connectivity index (χ0n) is 13.0. The Morgan fingerprint density at radius 2 is 2.23 bits per heavy atom. The van der Waals surface area contributed by atoms with E-state index in [9.17, 15) is 4.79 Å². The Bertz CT molecular complexity index is 702. The molecule has 1 amide bonds.